The molecular weight excluding hydrogens is 718 g/mol. The van der Waals surface area contributed by atoms with E-state index in [1.807, 2.05) is 30.3 Å². The van der Waals surface area contributed by atoms with Crippen molar-refractivity contribution in [1.29, 1.82) is 0 Å². The number of fused-ring (bicyclic) bond motifs is 3. The van der Waals surface area contributed by atoms with Crippen molar-refractivity contribution in [2.24, 2.45) is 5.92 Å². The first-order valence-corrected chi connectivity index (χ1v) is 19.6. The molecule has 3 aromatic rings. The van der Waals surface area contributed by atoms with E-state index in [4.69, 9.17) is 4.74 Å². The van der Waals surface area contributed by atoms with Gasteiger partial charge in [0.25, 0.3) is 5.91 Å². The van der Waals surface area contributed by atoms with Gasteiger partial charge in [-0.25, -0.2) is 17.8 Å². The second-order valence-corrected chi connectivity index (χ2v) is 16.6. The Kier molecular flexibility index (Phi) is 10.0. The molecule has 7 rings (SSSR count). The number of halogens is 4. The van der Waals surface area contributed by atoms with Crippen LogP contribution in [0.2, 0.25) is 0 Å². The number of anilines is 1. The Morgan fingerprint density at radius 2 is 1.72 bits per heavy atom. The number of alkyl halides is 3. The van der Waals surface area contributed by atoms with Gasteiger partial charge in [0.05, 0.1) is 17.4 Å². The zero-order valence-corrected chi connectivity index (χ0v) is 29.6. The van der Waals surface area contributed by atoms with Gasteiger partial charge >= 0.3 is 6.18 Å². The number of hydrogen-bond donors (Lipinski definition) is 3. The van der Waals surface area contributed by atoms with Crippen LogP contribution in [0.15, 0.2) is 54.7 Å². The molecule has 11 nitrogen and oxygen atoms in total. The lowest BCUT2D eigenvalue weighted by Crippen LogP contribution is -2.57. The predicted molar refractivity (Wildman–Crippen MR) is 186 cm³/mol. The molecule has 0 unspecified atom stereocenters. The molecule has 2 saturated heterocycles. The Morgan fingerprint density at radius 1 is 0.981 bits per heavy atom. The van der Waals surface area contributed by atoms with Gasteiger partial charge in [0.2, 0.25) is 27.7 Å². The summed E-state index contributed by atoms with van der Waals surface area (Å²) >= 11 is 0. The zero-order valence-electron chi connectivity index (χ0n) is 28.8. The maximum absolute atomic E-state index is 14.5. The maximum atomic E-state index is 14.5. The molecule has 16 heteroatoms. The second kappa shape index (κ2) is 14.4. The van der Waals surface area contributed by atoms with E-state index in [1.54, 1.807) is 6.20 Å². The largest absolute Gasteiger partial charge is 0.472 e. The predicted octanol–water partition coefficient (Wildman–Crippen LogP) is 5.45. The summed E-state index contributed by atoms with van der Waals surface area (Å²) < 4.78 is 89.1. The topological polar surface area (TPSA) is 147 Å². The van der Waals surface area contributed by atoms with Gasteiger partial charge in [-0.2, -0.15) is 13.2 Å². The molecule has 5 atom stereocenters. The van der Waals surface area contributed by atoms with Crippen LogP contribution in [0.25, 0.3) is 10.8 Å². The number of aromatic nitrogens is 1. The number of sulfonamides is 1. The SMILES string of the molecule is O=C1N[C@]2(C(=O)NS(=O)(=O)C3CC3)C[C@H]2CCCCCCC[C@H](Nc2ccc(F)c(C(F)(F)F)c2)C(=O)N2C[C@H](Oc3nccc4ccccc34)C[C@@H]12. The molecule has 3 N–H and O–H groups in total. The molecule has 2 saturated carbocycles. The summed E-state index contributed by atoms with van der Waals surface area (Å²) in [4.78, 5) is 48.2. The number of carbonyl (C=O) groups is 3. The van der Waals surface area contributed by atoms with Crippen molar-refractivity contribution in [2.75, 3.05) is 11.9 Å². The average molecular weight is 760 g/mol. The van der Waals surface area contributed by atoms with Crippen LogP contribution in [0, 0.1) is 11.7 Å². The number of amides is 3. The van der Waals surface area contributed by atoms with Gasteiger partial charge in [0, 0.05) is 23.7 Å². The van der Waals surface area contributed by atoms with Crippen molar-refractivity contribution < 1.29 is 45.1 Å². The molecule has 0 radical (unpaired) electrons. The quantitative estimate of drug-likeness (QED) is 0.270. The lowest BCUT2D eigenvalue weighted by molar-refractivity contribution is -0.140. The Hall–Kier alpha value is -4.47. The summed E-state index contributed by atoms with van der Waals surface area (Å²) in [6, 6.07) is 9.38. The zero-order chi connectivity index (χ0) is 37.5. The summed E-state index contributed by atoms with van der Waals surface area (Å²) in [7, 11) is -3.91. The molecule has 2 aromatic carbocycles. The molecular formula is C37H41F4N5O6S. The standard InChI is InChI=1S/C37H41F4N5O6S/c38-29-15-12-24(18-28(29)37(39,40)41)43-30-11-5-3-1-2-4-9-23-20-36(23,35(49)45-53(50,51)26-13-14-26)44-32(47)31-19-25(21-46(31)34(30)48)52-33-27-10-7-6-8-22(27)16-17-42-33/h6-8,10,12,15-18,23,25-26,30-31,43H,1-5,9,11,13-14,19-21H2,(H,44,47)(H,45,49)/t23-,25-,30+,31+,36-/m1/s1. The van der Waals surface area contributed by atoms with E-state index in [0.29, 0.717) is 49.6 Å². The number of pyridine rings is 1. The van der Waals surface area contributed by atoms with Gasteiger partial charge in [-0.15, -0.1) is 0 Å². The highest BCUT2D eigenvalue weighted by Gasteiger charge is 2.62. The van der Waals surface area contributed by atoms with E-state index in [9.17, 15) is 40.4 Å². The van der Waals surface area contributed by atoms with E-state index in [2.05, 4.69) is 20.3 Å². The first kappa shape index (κ1) is 36.9. The lowest BCUT2D eigenvalue weighted by Gasteiger charge is -2.30. The van der Waals surface area contributed by atoms with Crippen molar-refractivity contribution in [3.63, 3.8) is 0 Å². The minimum Gasteiger partial charge on any atom is -0.472 e. The third-order valence-corrected chi connectivity index (χ3v) is 12.6. The normalized spacial score (nSPS) is 27.1. The highest BCUT2D eigenvalue weighted by molar-refractivity contribution is 7.91. The van der Waals surface area contributed by atoms with E-state index < -0.39 is 74.3 Å². The first-order chi connectivity index (χ1) is 25.2. The van der Waals surface area contributed by atoms with Crippen LogP contribution < -0.4 is 20.1 Å². The fraction of sp³-hybridized carbons (Fsp3) is 0.514. The third kappa shape index (κ3) is 7.92. The Balaban J connectivity index is 1.20. The first-order valence-electron chi connectivity index (χ1n) is 18.1. The Labute approximate surface area is 304 Å². The van der Waals surface area contributed by atoms with E-state index in [1.165, 1.54) is 4.90 Å². The number of hydrogen-bond acceptors (Lipinski definition) is 8. The minimum absolute atomic E-state index is 0.00724. The van der Waals surface area contributed by atoms with Crippen LogP contribution in [0.3, 0.4) is 0 Å². The fourth-order valence-corrected chi connectivity index (χ4v) is 8.99. The number of nitrogens with one attached hydrogen (secondary N) is 3. The van der Waals surface area contributed by atoms with Gasteiger partial charge < -0.3 is 20.3 Å². The van der Waals surface area contributed by atoms with Crippen molar-refractivity contribution in [3.05, 3.63) is 66.1 Å². The maximum Gasteiger partial charge on any atom is 0.419 e. The van der Waals surface area contributed by atoms with Gasteiger partial charge in [-0.3, -0.25) is 19.1 Å². The minimum atomic E-state index is -4.97. The molecule has 1 aromatic heterocycles. The van der Waals surface area contributed by atoms with E-state index in [-0.39, 0.29) is 43.3 Å². The smallest absolute Gasteiger partial charge is 0.419 e. The molecule has 2 aliphatic carbocycles. The summed E-state index contributed by atoms with van der Waals surface area (Å²) in [5, 5.41) is 6.65. The van der Waals surface area contributed by atoms with E-state index in [0.717, 1.165) is 30.7 Å². The van der Waals surface area contributed by atoms with Gasteiger partial charge in [0.15, 0.2) is 0 Å². The molecule has 4 fully saturated rings. The van der Waals surface area contributed by atoms with Crippen LogP contribution in [-0.2, 0) is 30.6 Å². The number of benzene rings is 2. The molecule has 3 amide bonds. The number of rotatable bonds is 7. The van der Waals surface area contributed by atoms with Gasteiger partial charge in [0.1, 0.15) is 29.5 Å². The van der Waals surface area contributed by atoms with Crippen molar-refractivity contribution in [1.82, 2.24) is 19.9 Å². The third-order valence-electron chi connectivity index (χ3n) is 10.8. The van der Waals surface area contributed by atoms with Gasteiger partial charge in [-0.1, -0.05) is 50.3 Å². The van der Waals surface area contributed by atoms with Gasteiger partial charge in [-0.05, 0) is 73.7 Å². The highest BCUT2D eigenvalue weighted by atomic mass is 32.2. The Bertz CT molecular complexity index is 2010. The van der Waals surface area contributed by atoms with Crippen LogP contribution in [-0.4, -0.2) is 71.5 Å². The van der Waals surface area contributed by atoms with Crippen LogP contribution in [0.1, 0.15) is 76.2 Å². The van der Waals surface area contributed by atoms with Crippen LogP contribution in [0.5, 0.6) is 5.88 Å². The van der Waals surface area contributed by atoms with Crippen molar-refractivity contribution >= 4 is 44.2 Å². The average Bonchev–Trinajstić information content (AvgIpc) is 4.04. The van der Waals surface area contributed by atoms with E-state index >= 15 is 0 Å². The summed E-state index contributed by atoms with van der Waals surface area (Å²) in [5.41, 5.74) is -3.08. The molecule has 4 aliphatic rings. The monoisotopic (exact) mass is 759 g/mol. The number of ether oxygens (including phenoxy) is 1. The summed E-state index contributed by atoms with van der Waals surface area (Å²) in [6.07, 6.45) is 1.33. The molecule has 3 heterocycles. The molecule has 0 bridgehead atoms. The molecule has 53 heavy (non-hydrogen) atoms. The number of nitrogens with zero attached hydrogens (tertiary/aromatic N) is 2. The summed E-state index contributed by atoms with van der Waals surface area (Å²) in [5.74, 6) is -3.53. The number of carbonyl (C=O) groups excluding carboxylic acids is 3. The lowest BCUT2D eigenvalue weighted by atomic mass is 10.0. The van der Waals surface area contributed by atoms with Crippen LogP contribution >= 0.6 is 0 Å². The fourth-order valence-electron chi connectivity index (χ4n) is 7.63. The van der Waals surface area contributed by atoms with Crippen LogP contribution in [0.4, 0.5) is 23.2 Å². The van der Waals surface area contributed by atoms with Crippen molar-refractivity contribution in [3.8, 4) is 5.88 Å². The Morgan fingerprint density at radius 3 is 2.47 bits per heavy atom. The van der Waals surface area contributed by atoms with Crippen molar-refractivity contribution in [2.45, 2.75) is 106 Å². The molecule has 284 valence electrons. The summed E-state index contributed by atoms with van der Waals surface area (Å²) in [6.45, 7) is -0.0874. The highest BCUT2D eigenvalue weighted by Crippen LogP contribution is 2.48. The molecule has 0 spiro atoms. The second-order valence-electron chi connectivity index (χ2n) is 14.6. The molecule has 2 aliphatic heterocycles.